The van der Waals surface area contributed by atoms with Crippen LogP contribution in [0.15, 0.2) is 0 Å². The van der Waals surface area contributed by atoms with Crippen molar-refractivity contribution in [1.29, 1.82) is 5.41 Å². The molecule has 1 heterocycles. The van der Waals surface area contributed by atoms with Gasteiger partial charge in [-0.05, 0) is 33.1 Å². The minimum absolute atomic E-state index is 0.0234. The number of carbonyl (C=O) groups is 2. The van der Waals surface area contributed by atoms with Gasteiger partial charge >= 0.3 is 5.97 Å². The van der Waals surface area contributed by atoms with E-state index < -0.39 is 5.60 Å². The number of amidine groups is 1. The average molecular weight is 296 g/mol. The molecule has 0 amide bonds. The van der Waals surface area contributed by atoms with Crippen LogP contribution >= 0.6 is 0 Å². The number of ether oxygens (including phenoxy) is 1. The molecule has 0 bridgehead atoms. The molecule has 1 N–H and O–H groups in total. The number of likely N-dealkylation sites (N-methyl/N-ethyl adjacent to an activating group) is 1. The topological polar surface area (TPSA) is 70.5 Å². The molecular formula is C16H28N2O3. The Labute approximate surface area is 127 Å². The summed E-state index contributed by atoms with van der Waals surface area (Å²) in [5.74, 6) is -0.0744. The van der Waals surface area contributed by atoms with Crippen LogP contribution in [0.3, 0.4) is 0 Å². The van der Waals surface area contributed by atoms with Gasteiger partial charge in [0.2, 0.25) is 0 Å². The molecule has 120 valence electrons. The number of esters is 1. The number of Topliss-reactive ketones (excluding diaryl/α,β-unsaturated/α-hetero) is 1. The monoisotopic (exact) mass is 296 g/mol. The van der Waals surface area contributed by atoms with Crippen molar-refractivity contribution in [3.63, 3.8) is 0 Å². The van der Waals surface area contributed by atoms with E-state index in [9.17, 15) is 9.59 Å². The van der Waals surface area contributed by atoms with E-state index in [-0.39, 0.29) is 30.6 Å². The normalized spacial score (nSPS) is 23.2. The molecule has 5 nitrogen and oxygen atoms in total. The second-order valence-corrected chi connectivity index (χ2v) is 6.52. The van der Waals surface area contributed by atoms with Gasteiger partial charge in [0.1, 0.15) is 23.8 Å². The zero-order valence-electron chi connectivity index (χ0n) is 13.5. The molecule has 1 saturated heterocycles. The van der Waals surface area contributed by atoms with Crippen LogP contribution < -0.4 is 0 Å². The number of nitrogens with one attached hydrogen (secondary N) is 1. The first-order valence-corrected chi connectivity index (χ1v) is 7.82. The molecule has 0 radical (unpaired) electrons. The summed E-state index contributed by atoms with van der Waals surface area (Å²) < 4.78 is 5.50. The Kier molecular flexibility index (Phi) is 6.85. The third-order valence-electron chi connectivity index (χ3n) is 3.82. The number of carbonyl (C=O) groups excluding carboxylic acids is 2. The summed E-state index contributed by atoms with van der Waals surface area (Å²) in [5.41, 5.74) is -0.462. The molecule has 1 aliphatic rings. The standard InChI is InChI=1S/C16H28N2O3/c1-16(2)10-8-6-4-5-7-9-13(19)11-14(17)18(3)12-15(20)21-16/h17H,4-12H2,1-3H3. The fourth-order valence-electron chi connectivity index (χ4n) is 2.49. The molecule has 0 aromatic rings. The van der Waals surface area contributed by atoms with E-state index in [0.29, 0.717) is 6.42 Å². The highest BCUT2D eigenvalue weighted by atomic mass is 16.6. The van der Waals surface area contributed by atoms with Crippen molar-refractivity contribution in [2.45, 2.75) is 70.8 Å². The Morgan fingerprint density at radius 1 is 1.10 bits per heavy atom. The molecule has 21 heavy (non-hydrogen) atoms. The summed E-state index contributed by atoms with van der Waals surface area (Å²) >= 11 is 0. The fourth-order valence-corrected chi connectivity index (χ4v) is 2.49. The lowest BCUT2D eigenvalue weighted by atomic mass is 9.99. The summed E-state index contributed by atoms with van der Waals surface area (Å²) in [6.45, 7) is 3.88. The number of hydrogen-bond donors (Lipinski definition) is 1. The molecule has 1 aliphatic heterocycles. The van der Waals surface area contributed by atoms with Crippen molar-refractivity contribution in [2.75, 3.05) is 13.6 Å². The van der Waals surface area contributed by atoms with E-state index in [0.717, 1.165) is 38.5 Å². The number of nitrogens with zero attached hydrogens (tertiary/aromatic N) is 1. The second-order valence-electron chi connectivity index (χ2n) is 6.52. The summed E-state index contributed by atoms with van der Waals surface area (Å²) in [5, 5.41) is 7.88. The van der Waals surface area contributed by atoms with Gasteiger partial charge in [-0.15, -0.1) is 0 Å². The van der Waals surface area contributed by atoms with E-state index in [1.54, 1.807) is 7.05 Å². The molecule has 0 aliphatic carbocycles. The molecular weight excluding hydrogens is 268 g/mol. The van der Waals surface area contributed by atoms with E-state index in [1.807, 2.05) is 13.8 Å². The van der Waals surface area contributed by atoms with Gasteiger partial charge in [0.25, 0.3) is 0 Å². The highest BCUT2D eigenvalue weighted by molar-refractivity contribution is 6.00. The SMILES string of the molecule is CN1CC(=O)OC(C)(C)CCCCCCCC(=O)CC1=N. The lowest BCUT2D eigenvalue weighted by Gasteiger charge is -2.27. The lowest BCUT2D eigenvalue weighted by molar-refractivity contribution is -0.157. The highest BCUT2D eigenvalue weighted by Gasteiger charge is 2.24. The molecule has 0 spiro atoms. The Morgan fingerprint density at radius 2 is 1.71 bits per heavy atom. The Balaban J connectivity index is 2.66. The quantitative estimate of drug-likeness (QED) is 0.698. The van der Waals surface area contributed by atoms with Crippen molar-refractivity contribution >= 4 is 17.6 Å². The van der Waals surface area contributed by atoms with Crippen molar-refractivity contribution in [3.05, 3.63) is 0 Å². The Hall–Kier alpha value is -1.39. The first-order valence-electron chi connectivity index (χ1n) is 7.82. The molecule has 0 atom stereocenters. The van der Waals surface area contributed by atoms with E-state index in [1.165, 1.54) is 4.90 Å². The van der Waals surface area contributed by atoms with Crippen LogP contribution in [0.1, 0.15) is 65.2 Å². The Bertz CT molecular complexity index is 391. The van der Waals surface area contributed by atoms with Crippen LogP contribution in [0.25, 0.3) is 0 Å². The van der Waals surface area contributed by atoms with Gasteiger partial charge in [0.05, 0.1) is 6.42 Å². The van der Waals surface area contributed by atoms with Gasteiger partial charge in [-0.1, -0.05) is 19.3 Å². The molecule has 0 saturated carbocycles. The van der Waals surface area contributed by atoms with Gasteiger partial charge in [-0.3, -0.25) is 15.0 Å². The smallest absolute Gasteiger partial charge is 0.326 e. The van der Waals surface area contributed by atoms with Crippen LogP contribution in [0.2, 0.25) is 0 Å². The zero-order valence-corrected chi connectivity index (χ0v) is 13.5. The zero-order chi connectivity index (χ0) is 15.9. The van der Waals surface area contributed by atoms with Crippen LogP contribution in [-0.2, 0) is 14.3 Å². The van der Waals surface area contributed by atoms with E-state index in [2.05, 4.69) is 0 Å². The summed E-state index contributed by atoms with van der Waals surface area (Å²) in [7, 11) is 1.65. The van der Waals surface area contributed by atoms with Crippen LogP contribution in [0.4, 0.5) is 0 Å². The van der Waals surface area contributed by atoms with Gasteiger partial charge in [-0.2, -0.15) is 0 Å². The predicted molar refractivity (Wildman–Crippen MR) is 82.5 cm³/mol. The van der Waals surface area contributed by atoms with Crippen molar-refractivity contribution < 1.29 is 14.3 Å². The molecule has 1 fully saturated rings. The van der Waals surface area contributed by atoms with Gasteiger partial charge in [0, 0.05) is 13.5 Å². The first-order chi connectivity index (χ1) is 9.80. The predicted octanol–water partition coefficient (Wildman–Crippen LogP) is 2.92. The summed E-state index contributed by atoms with van der Waals surface area (Å²) in [6.07, 6.45) is 6.67. The van der Waals surface area contributed by atoms with Crippen LogP contribution in [0, 0.1) is 5.41 Å². The maximum absolute atomic E-state index is 11.9. The Morgan fingerprint density at radius 3 is 2.43 bits per heavy atom. The maximum Gasteiger partial charge on any atom is 0.326 e. The third kappa shape index (κ3) is 7.25. The maximum atomic E-state index is 11.9. The molecule has 0 aromatic heterocycles. The average Bonchev–Trinajstić information content (AvgIpc) is 2.35. The van der Waals surface area contributed by atoms with Crippen molar-refractivity contribution in [1.82, 2.24) is 4.90 Å². The van der Waals surface area contributed by atoms with E-state index >= 15 is 0 Å². The number of hydrogen-bond acceptors (Lipinski definition) is 4. The van der Waals surface area contributed by atoms with Gasteiger partial charge < -0.3 is 9.64 Å². The number of rotatable bonds is 0. The van der Waals surface area contributed by atoms with Crippen LogP contribution in [0.5, 0.6) is 0 Å². The highest BCUT2D eigenvalue weighted by Crippen LogP contribution is 2.20. The third-order valence-corrected chi connectivity index (χ3v) is 3.82. The number of cyclic esters (lactones) is 1. The fraction of sp³-hybridized carbons (Fsp3) is 0.812. The largest absolute Gasteiger partial charge is 0.458 e. The molecule has 1 rings (SSSR count). The lowest BCUT2D eigenvalue weighted by Crippen LogP contribution is -2.37. The minimum Gasteiger partial charge on any atom is -0.458 e. The minimum atomic E-state index is -0.462. The van der Waals surface area contributed by atoms with Gasteiger partial charge in [-0.25, -0.2) is 0 Å². The van der Waals surface area contributed by atoms with Gasteiger partial charge in [0.15, 0.2) is 0 Å². The summed E-state index contributed by atoms with van der Waals surface area (Å²) in [6, 6.07) is 0. The molecule has 0 aromatic carbocycles. The number of ketones is 1. The van der Waals surface area contributed by atoms with Crippen molar-refractivity contribution in [2.24, 2.45) is 0 Å². The summed E-state index contributed by atoms with van der Waals surface area (Å²) in [4.78, 5) is 25.2. The molecule has 5 heteroatoms. The van der Waals surface area contributed by atoms with Crippen molar-refractivity contribution in [3.8, 4) is 0 Å². The molecule has 0 unspecified atom stereocenters. The second kappa shape index (κ2) is 8.15. The van der Waals surface area contributed by atoms with E-state index in [4.69, 9.17) is 10.1 Å². The van der Waals surface area contributed by atoms with Crippen LogP contribution in [-0.4, -0.2) is 41.7 Å². The first kappa shape index (κ1) is 17.7.